The van der Waals surface area contributed by atoms with Gasteiger partial charge in [0.1, 0.15) is 5.75 Å². The lowest BCUT2D eigenvalue weighted by Gasteiger charge is -2.39. The third-order valence-electron chi connectivity index (χ3n) is 4.07. The first kappa shape index (κ1) is 12.4. The molecule has 1 aliphatic rings. The largest absolute Gasteiger partial charge is 0.508 e. The molecular formula is C15H22O2. The molecule has 94 valence electrons. The van der Waals surface area contributed by atoms with Crippen LogP contribution in [0.5, 0.6) is 5.75 Å². The first-order valence-electron chi connectivity index (χ1n) is 6.67. The van der Waals surface area contributed by atoms with Gasteiger partial charge in [-0.2, -0.15) is 0 Å². The molecule has 2 rings (SSSR count). The Bertz CT molecular complexity index is 350. The van der Waals surface area contributed by atoms with Crippen molar-refractivity contribution in [1.29, 1.82) is 0 Å². The fourth-order valence-corrected chi connectivity index (χ4v) is 3.15. The van der Waals surface area contributed by atoms with E-state index in [1.54, 1.807) is 12.1 Å². The Morgan fingerprint density at radius 2 is 1.71 bits per heavy atom. The Hall–Kier alpha value is -1.02. The molecule has 1 aromatic carbocycles. The molecule has 1 aromatic rings. The molecule has 1 aliphatic carbocycles. The van der Waals surface area contributed by atoms with Gasteiger partial charge in [-0.3, -0.25) is 0 Å². The van der Waals surface area contributed by atoms with Crippen LogP contribution in [0, 0.1) is 0 Å². The second-order valence-electron chi connectivity index (χ2n) is 5.22. The highest BCUT2D eigenvalue weighted by Crippen LogP contribution is 2.41. The molecule has 0 aromatic heterocycles. The molecule has 17 heavy (non-hydrogen) atoms. The number of aromatic hydroxyl groups is 1. The Balaban J connectivity index is 2.22. The lowest BCUT2D eigenvalue weighted by molar-refractivity contribution is -0.0229. The molecule has 0 radical (unpaired) electrons. The Labute approximate surface area is 103 Å². The molecule has 2 N–H and O–H groups in total. The van der Waals surface area contributed by atoms with Crippen molar-refractivity contribution in [1.82, 2.24) is 0 Å². The van der Waals surface area contributed by atoms with Gasteiger partial charge in [-0.15, -0.1) is 0 Å². The van der Waals surface area contributed by atoms with E-state index in [9.17, 15) is 10.2 Å². The van der Waals surface area contributed by atoms with Crippen LogP contribution in [0.3, 0.4) is 0 Å². The highest BCUT2D eigenvalue weighted by Gasteiger charge is 2.37. The standard InChI is InChI=1S/C15H22O2/c1-2-14(12-6-8-13(16)9-7-12)15(17)10-4-3-5-11-15/h6-9,14,16-17H,2-5,10-11H2,1H3/t14-/m1/s1. The first-order valence-corrected chi connectivity index (χ1v) is 6.67. The molecule has 0 spiro atoms. The van der Waals surface area contributed by atoms with Gasteiger partial charge < -0.3 is 10.2 Å². The predicted molar refractivity (Wildman–Crippen MR) is 69.2 cm³/mol. The Morgan fingerprint density at radius 3 is 2.24 bits per heavy atom. The topological polar surface area (TPSA) is 40.5 Å². The van der Waals surface area contributed by atoms with Crippen molar-refractivity contribution >= 4 is 0 Å². The van der Waals surface area contributed by atoms with E-state index in [0.29, 0.717) is 5.75 Å². The minimum Gasteiger partial charge on any atom is -0.508 e. The summed E-state index contributed by atoms with van der Waals surface area (Å²) >= 11 is 0. The molecular weight excluding hydrogens is 212 g/mol. The molecule has 0 amide bonds. The lowest BCUT2D eigenvalue weighted by Crippen LogP contribution is -2.38. The van der Waals surface area contributed by atoms with Crippen molar-refractivity contribution in [3.8, 4) is 5.75 Å². The summed E-state index contributed by atoms with van der Waals surface area (Å²) in [4.78, 5) is 0. The van der Waals surface area contributed by atoms with E-state index in [2.05, 4.69) is 6.92 Å². The first-order chi connectivity index (χ1) is 8.15. The summed E-state index contributed by atoms with van der Waals surface area (Å²) in [5.41, 5.74) is 0.610. The SMILES string of the molecule is CC[C@H](c1ccc(O)cc1)C1(O)CCCCC1. The molecule has 2 heteroatoms. The van der Waals surface area contributed by atoms with Gasteiger partial charge in [-0.05, 0) is 37.0 Å². The summed E-state index contributed by atoms with van der Waals surface area (Å²) in [6, 6.07) is 7.31. The molecule has 1 fully saturated rings. The maximum atomic E-state index is 10.8. The van der Waals surface area contributed by atoms with Crippen molar-refractivity contribution in [3.05, 3.63) is 29.8 Å². The molecule has 0 saturated heterocycles. The number of phenols is 1. The molecule has 1 atom stereocenters. The van der Waals surface area contributed by atoms with Gasteiger partial charge in [0.25, 0.3) is 0 Å². The van der Waals surface area contributed by atoms with Crippen LogP contribution in [0.1, 0.15) is 56.9 Å². The van der Waals surface area contributed by atoms with Crippen molar-refractivity contribution in [3.63, 3.8) is 0 Å². The molecule has 1 saturated carbocycles. The van der Waals surface area contributed by atoms with Crippen molar-refractivity contribution in [2.45, 2.75) is 57.0 Å². The average molecular weight is 234 g/mol. The fraction of sp³-hybridized carbons (Fsp3) is 0.600. The number of hydrogen-bond donors (Lipinski definition) is 2. The number of aliphatic hydroxyl groups is 1. The molecule has 0 bridgehead atoms. The van der Waals surface area contributed by atoms with Gasteiger partial charge in [0, 0.05) is 5.92 Å². The van der Waals surface area contributed by atoms with Gasteiger partial charge in [-0.1, -0.05) is 38.3 Å². The third-order valence-corrected chi connectivity index (χ3v) is 4.07. The van der Waals surface area contributed by atoms with Crippen LogP contribution in [-0.2, 0) is 0 Å². The summed E-state index contributed by atoms with van der Waals surface area (Å²) in [5.74, 6) is 0.489. The monoisotopic (exact) mass is 234 g/mol. The minimum absolute atomic E-state index is 0.198. The van der Waals surface area contributed by atoms with Crippen LogP contribution in [-0.4, -0.2) is 15.8 Å². The molecule has 2 nitrogen and oxygen atoms in total. The summed E-state index contributed by atoms with van der Waals surface area (Å²) in [7, 11) is 0. The molecule has 0 heterocycles. The van der Waals surface area contributed by atoms with Crippen LogP contribution >= 0.6 is 0 Å². The number of hydrogen-bond acceptors (Lipinski definition) is 2. The van der Waals surface area contributed by atoms with E-state index < -0.39 is 5.60 Å². The predicted octanol–water partition coefficient (Wildman–Crippen LogP) is 3.58. The zero-order valence-corrected chi connectivity index (χ0v) is 10.5. The van der Waals surface area contributed by atoms with Crippen molar-refractivity contribution < 1.29 is 10.2 Å². The molecule has 0 aliphatic heterocycles. The van der Waals surface area contributed by atoms with Gasteiger partial charge in [0.2, 0.25) is 0 Å². The minimum atomic E-state index is -0.538. The van der Waals surface area contributed by atoms with Crippen LogP contribution in [0.4, 0.5) is 0 Å². The number of phenolic OH excluding ortho intramolecular Hbond substituents is 1. The van der Waals surface area contributed by atoms with E-state index in [4.69, 9.17) is 0 Å². The van der Waals surface area contributed by atoms with Crippen LogP contribution in [0.25, 0.3) is 0 Å². The quantitative estimate of drug-likeness (QED) is 0.839. The van der Waals surface area contributed by atoms with Gasteiger partial charge in [0.15, 0.2) is 0 Å². The highest BCUT2D eigenvalue weighted by molar-refractivity contribution is 5.30. The summed E-state index contributed by atoms with van der Waals surface area (Å²) in [6.07, 6.45) is 6.27. The number of benzene rings is 1. The fourth-order valence-electron chi connectivity index (χ4n) is 3.15. The maximum Gasteiger partial charge on any atom is 0.115 e. The smallest absolute Gasteiger partial charge is 0.115 e. The van der Waals surface area contributed by atoms with E-state index >= 15 is 0 Å². The normalized spacial score (nSPS) is 21.1. The van der Waals surface area contributed by atoms with Crippen LogP contribution in [0.2, 0.25) is 0 Å². The van der Waals surface area contributed by atoms with E-state index in [1.165, 1.54) is 6.42 Å². The van der Waals surface area contributed by atoms with Gasteiger partial charge >= 0.3 is 0 Å². The zero-order valence-electron chi connectivity index (χ0n) is 10.5. The van der Waals surface area contributed by atoms with Gasteiger partial charge in [0.05, 0.1) is 5.60 Å². The zero-order chi connectivity index (χ0) is 12.3. The van der Waals surface area contributed by atoms with Crippen LogP contribution < -0.4 is 0 Å². The Morgan fingerprint density at radius 1 is 1.12 bits per heavy atom. The van der Waals surface area contributed by atoms with E-state index in [1.807, 2.05) is 12.1 Å². The van der Waals surface area contributed by atoms with Crippen molar-refractivity contribution in [2.75, 3.05) is 0 Å². The van der Waals surface area contributed by atoms with E-state index in [0.717, 1.165) is 37.7 Å². The summed E-state index contributed by atoms with van der Waals surface area (Å²) < 4.78 is 0. The molecule has 0 unspecified atom stereocenters. The second kappa shape index (κ2) is 5.09. The summed E-state index contributed by atoms with van der Waals surface area (Å²) in [5, 5.41) is 20.1. The van der Waals surface area contributed by atoms with Crippen LogP contribution in [0.15, 0.2) is 24.3 Å². The van der Waals surface area contributed by atoms with Crippen molar-refractivity contribution in [2.24, 2.45) is 0 Å². The lowest BCUT2D eigenvalue weighted by atomic mass is 9.72. The third kappa shape index (κ3) is 2.63. The van der Waals surface area contributed by atoms with E-state index in [-0.39, 0.29) is 5.92 Å². The highest BCUT2D eigenvalue weighted by atomic mass is 16.3. The Kier molecular flexibility index (Phi) is 3.72. The second-order valence-corrected chi connectivity index (χ2v) is 5.22. The number of rotatable bonds is 3. The average Bonchev–Trinajstić information content (AvgIpc) is 2.33. The maximum absolute atomic E-state index is 10.8. The van der Waals surface area contributed by atoms with Gasteiger partial charge in [-0.25, -0.2) is 0 Å². The summed E-state index contributed by atoms with van der Waals surface area (Å²) in [6.45, 7) is 2.13.